The standard InChI is InChI=1S/C43H48N8O2SSi/c1-25-31(7-5-9-33(25)50-37-35-29(11-17-44-37)19-27(21-46-35)23-48-42(13-14-42)39-40(3,52)54-39)32-8-6-10-34(26(32)2)51-38-36-30(12-18-45-38)20-28(22-47-36)24-49-43(15-16-43)41(4,53)55/h5-12,17-22,39,48-49,52-53H,13-16,23-24H2,1-4,55H3,(H,44,50)(H,45,51)/t39?,40-,41-/m0/s1. The van der Waals surface area contributed by atoms with Crippen LogP contribution in [-0.2, 0) is 13.1 Å². The average molecular weight is 769 g/mol. The van der Waals surface area contributed by atoms with Crippen molar-refractivity contribution >= 4 is 66.8 Å². The van der Waals surface area contributed by atoms with Crippen LogP contribution < -0.4 is 21.3 Å². The highest BCUT2D eigenvalue weighted by Crippen LogP contribution is 2.63. The van der Waals surface area contributed by atoms with Crippen molar-refractivity contribution in [1.82, 2.24) is 30.6 Å². The van der Waals surface area contributed by atoms with E-state index in [9.17, 15) is 10.2 Å². The third kappa shape index (κ3) is 6.89. The molecule has 55 heavy (non-hydrogen) atoms. The Bertz CT molecular complexity index is 2460. The number of benzene rings is 2. The summed E-state index contributed by atoms with van der Waals surface area (Å²) in [7, 11) is 0.725. The molecule has 3 aliphatic rings. The van der Waals surface area contributed by atoms with Gasteiger partial charge in [-0.05, 0) is 123 Å². The van der Waals surface area contributed by atoms with Crippen molar-refractivity contribution in [2.75, 3.05) is 10.6 Å². The van der Waals surface area contributed by atoms with Crippen LogP contribution in [0.2, 0.25) is 0 Å². The predicted octanol–water partition coefficient (Wildman–Crippen LogP) is 6.49. The van der Waals surface area contributed by atoms with Crippen LogP contribution in [0, 0.1) is 13.8 Å². The first kappa shape index (κ1) is 36.2. The largest absolute Gasteiger partial charge is 0.393 e. The SMILES string of the molecule is Cc1c(Nc2nccc3cc(CNC4(C5S[C@]5(C)O)CC4)cnc23)cccc1-c1cccc(Nc2nccc3cc(CNC4([C@@](C)(O)[SiH3])CC4)cnc23)c1C. The summed E-state index contributed by atoms with van der Waals surface area (Å²) < 4.78 is 0. The molecule has 10 nitrogen and oxygen atoms in total. The minimum Gasteiger partial charge on any atom is -0.393 e. The maximum atomic E-state index is 10.7. The number of aliphatic hydroxyl groups is 2. The summed E-state index contributed by atoms with van der Waals surface area (Å²) in [5.74, 6) is 1.43. The van der Waals surface area contributed by atoms with Gasteiger partial charge in [0.25, 0.3) is 0 Å². The van der Waals surface area contributed by atoms with Gasteiger partial charge in [-0.25, -0.2) is 9.97 Å². The molecule has 282 valence electrons. The third-order valence-corrected chi connectivity index (χ3v) is 14.6. The zero-order valence-electron chi connectivity index (χ0n) is 32.0. The van der Waals surface area contributed by atoms with Crippen LogP contribution in [0.1, 0.15) is 61.8 Å². The summed E-state index contributed by atoms with van der Waals surface area (Å²) >= 11 is 1.66. The molecule has 6 aromatic rings. The molecule has 12 heteroatoms. The summed E-state index contributed by atoms with van der Waals surface area (Å²) in [5, 5.41) is 37.3. The Morgan fingerprint density at radius 2 is 1.25 bits per heavy atom. The van der Waals surface area contributed by atoms with Crippen LogP contribution in [0.3, 0.4) is 0 Å². The number of nitrogens with one attached hydrogen (secondary N) is 4. The van der Waals surface area contributed by atoms with Crippen molar-refractivity contribution in [2.24, 2.45) is 0 Å². The maximum Gasteiger partial charge on any atom is 0.156 e. The maximum absolute atomic E-state index is 10.7. The highest BCUT2D eigenvalue weighted by Gasteiger charge is 2.66. The molecule has 1 aliphatic heterocycles. The highest BCUT2D eigenvalue weighted by molar-refractivity contribution is 8.08. The molecule has 6 N–H and O–H groups in total. The Morgan fingerprint density at radius 1 is 0.764 bits per heavy atom. The van der Waals surface area contributed by atoms with Crippen molar-refractivity contribution in [1.29, 1.82) is 0 Å². The number of anilines is 4. The second-order valence-corrected chi connectivity index (χ2v) is 19.9. The minimum atomic E-state index is -0.629. The number of hydrogen-bond acceptors (Lipinski definition) is 11. The first-order valence-electron chi connectivity index (χ1n) is 19.2. The van der Waals surface area contributed by atoms with E-state index >= 15 is 0 Å². The molecule has 3 atom stereocenters. The lowest BCUT2D eigenvalue weighted by atomic mass is 9.94. The number of nitrogens with zero attached hydrogens (tertiary/aromatic N) is 4. The van der Waals surface area contributed by atoms with E-state index in [2.05, 4.69) is 83.6 Å². The Balaban J connectivity index is 0.925. The van der Waals surface area contributed by atoms with Gasteiger partial charge in [0, 0.05) is 81.3 Å². The average Bonchev–Trinajstić information content (AvgIpc) is 4.09. The van der Waals surface area contributed by atoms with Gasteiger partial charge in [0.05, 0.1) is 10.5 Å². The molecule has 0 amide bonds. The molecule has 0 spiro atoms. The van der Waals surface area contributed by atoms with Crippen LogP contribution in [0.4, 0.5) is 23.0 Å². The number of hydrogen-bond donors (Lipinski definition) is 6. The van der Waals surface area contributed by atoms with Gasteiger partial charge in [0.1, 0.15) is 16.0 Å². The van der Waals surface area contributed by atoms with Crippen molar-refractivity contribution in [3.8, 4) is 11.1 Å². The lowest BCUT2D eigenvalue weighted by molar-refractivity contribution is 0.0877. The first-order chi connectivity index (χ1) is 26.3. The summed E-state index contributed by atoms with van der Waals surface area (Å²) in [4.78, 5) is 18.5. The van der Waals surface area contributed by atoms with Gasteiger partial charge in [-0.1, -0.05) is 24.3 Å². The fraction of sp³-hybridized carbons (Fsp3) is 0.349. The van der Waals surface area contributed by atoms with Gasteiger partial charge >= 0.3 is 0 Å². The van der Waals surface area contributed by atoms with E-state index in [-0.39, 0.29) is 16.3 Å². The molecule has 2 aliphatic carbocycles. The van der Waals surface area contributed by atoms with Gasteiger partial charge in [-0.3, -0.25) is 9.97 Å². The van der Waals surface area contributed by atoms with Crippen molar-refractivity contribution in [3.05, 3.63) is 108 Å². The van der Waals surface area contributed by atoms with E-state index in [1.54, 1.807) is 11.8 Å². The topological polar surface area (TPSA) is 140 Å². The molecule has 1 unspecified atom stereocenters. The lowest BCUT2D eigenvalue weighted by Crippen LogP contribution is -2.51. The Labute approximate surface area is 328 Å². The molecule has 5 heterocycles. The molecule has 9 rings (SSSR count). The molecular formula is C43H48N8O2SSi. The molecule has 0 bridgehead atoms. The third-order valence-electron chi connectivity index (χ3n) is 12.0. The van der Waals surface area contributed by atoms with Gasteiger partial charge in [-0.2, -0.15) is 0 Å². The van der Waals surface area contributed by atoms with Crippen molar-refractivity contribution in [3.63, 3.8) is 0 Å². The molecule has 3 fully saturated rings. The quantitative estimate of drug-likeness (QED) is 0.0568. The van der Waals surface area contributed by atoms with E-state index in [0.717, 1.165) is 102 Å². The fourth-order valence-corrected chi connectivity index (χ4v) is 10.00. The van der Waals surface area contributed by atoms with Crippen molar-refractivity contribution < 1.29 is 10.2 Å². The Kier molecular flexibility index (Phi) is 8.79. The predicted molar refractivity (Wildman–Crippen MR) is 227 cm³/mol. The molecule has 4 aromatic heterocycles. The second-order valence-electron chi connectivity index (χ2n) is 16.4. The second kappa shape index (κ2) is 13.4. The minimum absolute atomic E-state index is 0.0388. The summed E-state index contributed by atoms with van der Waals surface area (Å²) in [5.41, 5.74) is 10.1. The fourth-order valence-electron chi connectivity index (χ4n) is 8.14. The first-order valence-corrected chi connectivity index (χ1v) is 21.1. The highest BCUT2D eigenvalue weighted by atomic mass is 32.2. The van der Waals surface area contributed by atoms with Crippen LogP contribution in [-0.4, -0.2) is 66.9 Å². The molecule has 2 saturated carbocycles. The zero-order chi connectivity index (χ0) is 38.2. The Morgan fingerprint density at radius 3 is 1.69 bits per heavy atom. The Hall–Kier alpha value is -4.43. The van der Waals surface area contributed by atoms with Gasteiger partial charge in [0.15, 0.2) is 11.6 Å². The number of rotatable bonds is 13. The summed E-state index contributed by atoms with van der Waals surface area (Å²) in [6, 6.07) is 21.0. The van der Waals surface area contributed by atoms with E-state index in [1.165, 1.54) is 0 Å². The van der Waals surface area contributed by atoms with Gasteiger partial charge in [0.2, 0.25) is 0 Å². The zero-order valence-corrected chi connectivity index (χ0v) is 34.8. The summed E-state index contributed by atoms with van der Waals surface area (Å²) in [6.45, 7) is 9.51. The number of thioether (sulfide) groups is 1. The van der Waals surface area contributed by atoms with Crippen LogP contribution in [0.15, 0.2) is 85.5 Å². The van der Waals surface area contributed by atoms with Gasteiger partial charge < -0.3 is 31.5 Å². The monoisotopic (exact) mass is 768 g/mol. The number of pyridine rings is 4. The van der Waals surface area contributed by atoms with Gasteiger partial charge in [-0.15, -0.1) is 11.8 Å². The van der Waals surface area contributed by atoms with E-state index < -0.39 is 10.2 Å². The van der Waals surface area contributed by atoms with E-state index in [0.29, 0.717) is 24.7 Å². The molecule has 2 aromatic carbocycles. The molecular weight excluding hydrogens is 721 g/mol. The number of aromatic nitrogens is 4. The summed E-state index contributed by atoms with van der Waals surface area (Å²) in [6.07, 6.45) is 11.7. The number of fused-ring (bicyclic) bond motifs is 2. The van der Waals surface area contributed by atoms with E-state index in [4.69, 9.17) is 19.9 Å². The van der Waals surface area contributed by atoms with Crippen LogP contribution in [0.25, 0.3) is 32.9 Å². The smallest absolute Gasteiger partial charge is 0.156 e. The van der Waals surface area contributed by atoms with Crippen LogP contribution in [0.5, 0.6) is 0 Å². The molecule has 1 saturated heterocycles. The van der Waals surface area contributed by atoms with Crippen LogP contribution >= 0.6 is 11.8 Å². The lowest BCUT2D eigenvalue weighted by Gasteiger charge is -2.30. The van der Waals surface area contributed by atoms with E-state index in [1.807, 2.05) is 50.8 Å². The normalized spacial score (nSPS) is 21.7. The molecule has 0 radical (unpaired) electrons. The van der Waals surface area contributed by atoms with Crippen molar-refractivity contribution in [2.45, 2.75) is 93.0 Å².